The molecule has 2 fully saturated rings. The van der Waals surface area contributed by atoms with Crippen LogP contribution in [0.3, 0.4) is 0 Å². The molecule has 0 bridgehead atoms. The molecule has 0 aliphatic carbocycles. The highest BCUT2D eigenvalue weighted by Crippen LogP contribution is 2.21. The minimum Gasteiger partial charge on any atom is -0.364 e. The Balaban J connectivity index is 1.27. The van der Waals surface area contributed by atoms with Crippen molar-refractivity contribution in [3.63, 3.8) is 0 Å². The van der Waals surface area contributed by atoms with Crippen molar-refractivity contribution in [3.8, 4) is 0 Å². The van der Waals surface area contributed by atoms with Crippen LogP contribution in [0.4, 0.5) is 0 Å². The standard InChI is InChI=1S/C22H34N6OS/c1-2-23-22(28-11-9-26(10-12-28)17-20-7-13-29-25-20)24-15-19-5-3-8-27(16-19)18-21-6-4-14-30-21/h4,6-7,13-14,19H,2-3,5,8-12,15-18H2,1H3,(H,23,24). The van der Waals surface area contributed by atoms with E-state index in [1.807, 2.05) is 17.4 Å². The highest BCUT2D eigenvalue weighted by atomic mass is 32.1. The van der Waals surface area contributed by atoms with Gasteiger partial charge in [0.05, 0.1) is 5.69 Å². The molecule has 164 valence electrons. The highest BCUT2D eigenvalue weighted by Gasteiger charge is 2.23. The van der Waals surface area contributed by atoms with E-state index in [1.54, 1.807) is 6.26 Å². The number of guanidine groups is 1. The average molecular weight is 431 g/mol. The van der Waals surface area contributed by atoms with Gasteiger partial charge in [-0.2, -0.15) is 0 Å². The van der Waals surface area contributed by atoms with E-state index >= 15 is 0 Å². The molecule has 0 amide bonds. The SMILES string of the molecule is CCNC(=NCC1CCCN(Cc2cccs2)C1)N1CCN(Cc2ccon2)CC1. The van der Waals surface area contributed by atoms with Gasteiger partial charge in [-0.25, -0.2) is 0 Å². The van der Waals surface area contributed by atoms with E-state index in [0.29, 0.717) is 5.92 Å². The van der Waals surface area contributed by atoms with Crippen LogP contribution in [-0.2, 0) is 13.1 Å². The summed E-state index contributed by atoms with van der Waals surface area (Å²) < 4.78 is 4.95. The number of hydrogen-bond donors (Lipinski definition) is 1. The van der Waals surface area contributed by atoms with Crippen molar-refractivity contribution in [2.45, 2.75) is 32.9 Å². The lowest BCUT2D eigenvalue weighted by atomic mass is 9.98. The summed E-state index contributed by atoms with van der Waals surface area (Å²) in [6.45, 7) is 12.3. The molecule has 1 N–H and O–H groups in total. The fourth-order valence-corrected chi connectivity index (χ4v) is 5.12. The van der Waals surface area contributed by atoms with Crippen LogP contribution in [0.2, 0.25) is 0 Å². The first-order chi connectivity index (χ1) is 14.8. The van der Waals surface area contributed by atoms with Gasteiger partial charge in [-0.1, -0.05) is 11.2 Å². The molecule has 4 heterocycles. The van der Waals surface area contributed by atoms with E-state index in [1.165, 1.54) is 24.3 Å². The first kappa shape index (κ1) is 21.3. The quantitative estimate of drug-likeness (QED) is 0.538. The van der Waals surface area contributed by atoms with Crippen LogP contribution < -0.4 is 5.32 Å². The van der Waals surface area contributed by atoms with Gasteiger partial charge in [0, 0.05) is 69.8 Å². The lowest BCUT2D eigenvalue weighted by Gasteiger charge is -2.36. The Morgan fingerprint density at radius 3 is 2.83 bits per heavy atom. The molecule has 2 aliphatic rings. The van der Waals surface area contributed by atoms with Crippen LogP contribution in [0.25, 0.3) is 0 Å². The Morgan fingerprint density at radius 2 is 2.10 bits per heavy atom. The second-order valence-corrected chi connectivity index (χ2v) is 9.30. The number of piperazine rings is 1. The molecule has 30 heavy (non-hydrogen) atoms. The summed E-state index contributed by atoms with van der Waals surface area (Å²) in [6, 6.07) is 6.35. The summed E-state index contributed by atoms with van der Waals surface area (Å²) in [5, 5.41) is 9.73. The van der Waals surface area contributed by atoms with Gasteiger partial charge in [0.1, 0.15) is 6.26 Å². The third-order valence-corrected chi connectivity index (χ3v) is 6.81. The molecular weight excluding hydrogens is 396 g/mol. The molecule has 7 nitrogen and oxygen atoms in total. The number of nitrogens with one attached hydrogen (secondary N) is 1. The minimum atomic E-state index is 0.654. The van der Waals surface area contributed by atoms with Gasteiger partial charge in [0.2, 0.25) is 0 Å². The zero-order valence-corrected chi connectivity index (χ0v) is 18.8. The molecule has 2 saturated heterocycles. The number of piperidine rings is 1. The second kappa shape index (κ2) is 10.9. The number of likely N-dealkylation sites (tertiary alicyclic amines) is 1. The molecule has 0 saturated carbocycles. The first-order valence-corrected chi connectivity index (χ1v) is 12.1. The second-order valence-electron chi connectivity index (χ2n) is 8.27. The van der Waals surface area contributed by atoms with Gasteiger partial charge in [0.25, 0.3) is 0 Å². The van der Waals surface area contributed by atoms with E-state index in [4.69, 9.17) is 9.52 Å². The van der Waals surface area contributed by atoms with Crippen LogP contribution in [0.5, 0.6) is 0 Å². The maximum absolute atomic E-state index is 5.05. The highest BCUT2D eigenvalue weighted by molar-refractivity contribution is 7.09. The van der Waals surface area contributed by atoms with E-state index in [9.17, 15) is 0 Å². The first-order valence-electron chi connectivity index (χ1n) is 11.2. The third kappa shape index (κ3) is 6.06. The predicted molar refractivity (Wildman–Crippen MR) is 122 cm³/mol. The predicted octanol–water partition coefficient (Wildman–Crippen LogP) is 2.73. The van der Waals surface area contributed by atoms with E-state index < -0.39 is 0 Å². The monoisotopic (exact) mass is 430 g/mol. The smallest absolute Gasteiger partial charge is 0.194 e. The largest absolute Gasteiger partial charge is 0.364 e. The summed E-state index contributed by atoms with van der Waals surface area (Å²) in [5.74, 6) is 1.73. The average Bonchev–Trinajstić information content (AvgIpc) is 3.47. The van der Waals surface area contributed by atoms with Crippen molar-refractivity contribution in [1.29, 1.82) is 0 Å². The molecule has 2 aromatic heterocycles. The summed E-state index contributed by atoms with van der Waals surface area (Å²) >= 11 is 1.86. The molecule has 2 aromatic rings. The maximum Gasteiger partial charge on any atom is 0.194 e. The van der Waals surface area contributed by atoms with Crippen LogP contribution in [-0.4, -0.2) is 78.2 Å². The van der Waals surface area contributed by atoms with Crippen molar-refractivity contribution >= 4 is 17.3 Å². The molecule has 2 aliphatic heterocycles. The van der Waals surface area contributed by atoms with E-state index in [0.717, 1.165) is 70.6 Å². The zero-order valence-electron chi connectivity index (χ0n) is 18.0. The zero-order chi connectivity index (χ0) is 20.6. The van der Waals surface area contributed by atoms with Gasteiger partial charge in [-0.3, -0.25) is 14.8 Å². The van der Waals surface area contributed by atoms with Crippen molar-refractivity contribution in [1.82, 2.24) is 25.2 Å². The third-order valence-electron chi connectivity index (χ3n) is 5.95. The molecule has 4 rings (SSSR count). The molecule has 0 aromatic carbocycles. The Bertz CT molecular complexity index is 755. The number of aliphatic imine (C=N–C) groups is 1. The van der Waals surface area contributed by atoms with Crippen LogP contribution in [0.1, 0.15) is 30.3 Å². The van der Waals surface area contributed by atoms with Gasteiger partial charge in [-0.15, -0.1) is 11.3 Å². The van der Waals surface area contributed by atoms with Crippen molar-refractivity contribution < 1.29 is 4.52 Å². The Morgan fingerprint density at radius 1 is 1.20 bits per heavy atom. The lowest BCUT2D eigenvalue weighted by Crippen LogP contribution is -2.52. The van der Waals surface area contributed by atoms with Gasteiger partial charge >= 0.3 is 0 Å². The van der Waals surface area contributed by atoms with E-state index in [2.05, 4.69) is 49.6 Å². The molecule has 0 spiro atoms. The normalized spacial score (nSPS) is 21.8. The van der Waals surface area contributed by atoms with Gasteiger partial charge in [0.15, 0.2) is 5.96 Å². The Kier molecular flexibility index (Phi) is 7.77. The summed E-state index contributed by atoms with van der Waals surface area (Å²) in [7, 11) is 0. The number of nitrogens with zero attached hydrogens (tertiary/aromatic N) is 5. The van der Waals surface area contributed by atoms with Gasteiger partial charge in [-0.05, 0) is 43.7 Å². The maximum atomic E-state index is 5.05. The molecule has 1 unspecified atom stereocenters. The fourth-order valence-electron chi connectivity index (χ4n) is 4.37. The van der Waals surface area contributed by atoms with Crippen molar-refractivity contribution in [3.05, 3.63) is 40.4 Å². The van der Waals surface area contributed by atoms with Crippen molar-refractivity contribution in [2.75, 3.05) is 52.4 Å². The Hall–Kier alpha value is -1.90. The molecular formula is C22H34N6OS. The van der Waals surface area contributed by atoms with Crippen LogP contribution in [0, 0.1) is 5.92 Å². The van der Waals surface area contributed by atoms with Crippen LogP contribution in [0.15, 0.2) is 39.4 Å². The topological polar surface area (TPSA) is 60.1 Å². The molecule has 8 heteroatoms. The fraction of sp³-hybridized carbons (Fsp3) is 0.636. The number of rotatable bonds is 7. The summed E-state index contributed by atoms with van der Waals surface area (Å²) in [5.41, 5.74) is 1.01. The molecule has 1 atom stereocenters. The lowest BCUT2D eigenvalue weighted by molar-refractivity contribution is 0.165. The number of hydrogen-bond acceptors (Lipinski definition) is 6. The minimum absolute atomic E-state index is 0.654. The number of aromatic nitrogens is 1. The molecule has 0 radical (unpaired) electrons. The van der Waals surface area contributed by atoms with Crippen molar-refractivity contribution in [2.24, 2.45) is 10.9 Å². The number of thiophene rings is 1. The Labute approximate surface area is 183 Å². The van der Waals surface area contributed by atoms with Crippen LogP contribution >= 0.6 is 11.3 Å². The van der Waals surface area contributed by atoms with Gasteiger partial charge < -0.3 is 14.7 Å². The summed E-state index contributed by atoms with van der Waals surface area (Å²) in [4.78, 5) is 14.0. The summed E-state index contributed by atoms with van der Waals surface area (Å²) in [6.07, 6.45) is 4.21. The van der Waals surface area contributed by atoms with E-state index in [-0.39, 0.29) is 0 Å².